The van der Waals surface area contributed by atoms with E-state index in [4.69, 9.17) is 9.97 Å². The van der Waals surface area contributed by atoms with Crippen molar-refractivity contribution in [3.05, 3.63) is 206 Å². The maximum Gasteiger partial charge on any atom is 0.0978 e. The summed E-state index contributed by atoms with van der Waals surface area (Å²) in [5.41, 5.74) is 12.1. The van der Waals surface area contributed by atoms with Gasteiger partial charge in [-0.2, -0.15) is 0 Å². The molecule has 0 atom stereocenters. The Balaban J connectivity index is 1.05. The van der Waals surface area contributed by atoms with E-state index in [9.17, 15) is 0 Å². The topological polar surface area (TPSA) is 25.8 Å². The minimum atomic E-state index is 0.910. The van der Waals surface area contributed by atoms with Crippen LogP contribution >= 0.6 is 0 Å². The van der Waals surface area contributed by atoms with Crippen molar-refractivity contribution in [2.45, 2.75) is 0 Å². The molecule has 12 aromatic rings. The average Bonchev–Trinajstić information content (AvgIpc) is 3.29. The van der Waals surface area contributed by atoms with Crippen LogP contribution in [0.5, 0.6) is 0 Å². The number of hydrogen-bond donors (Lipinski definition) is 0. The van der Waals surface area contributed by atoms with Gasteiger partial charge in [-0.3, -0.25) is 0 Å². The summed E-state index contributed by atoms with van der Waals surface area (Å²) < 4.78 is 0. The Labute approximate surface area is 335 Å². The van der Waals surface area contributed by atoms with Crippen molar-refractivity contribution in [2.75, 3.05) is 0 Å². The van der Waals surface area contributed by atoms with Gasteiger partial charge in [0.2, 0.25) is 0 Å². The largest absolute Gasteiger partial charge is 0.245 e. The molecule has 0 aliphatic rings. The van der Waals surface area contributed by atoms with E-state index in [0.717, 1.165) is 44.0 Å². The van der Waals surface area contributed by atoms with Gasteiger partial charge in [-0.25, -0.2) is 9.97 Å². The Kier molecular flexibility index (Phi) is 7.26. The highest BCUT2D eigenvalue weighted by molar-refractivity contribution is 6.22. The molecule has 2 heterocycles. The summed E-state index contributed by atoms with van der Waals surface area (Å²) in [6.07, 6.45) is 0. The molecule has 0 saturated heterocycles. The molecule has 2 aromatic heterocycles. The van der Waals surface area contributed by atoms with Gasteiger partial charge < -0.3 is 0 Å². The molecule has 10 aromatic carbocycles. The van der Waals surface area contributed by atoms with E-state index in [-0.39, 0.29) is 0 Å². The predicted molar refractivity (Wildman–Crippen MR) is 246 cm³/mol. The van der Waals surface area contributed by atoms with E-state index in [2.05, 4.69) is 206 Å². The van der Waals surface area contributed by atoms with Crippen molar-refractivity contribution >= 4 is 75.8 Å². The summed E-state index contributed by atoms with van der Waals surface area (Å²) >= 11 is 0. The first-order chi connectivity index (χ1) is 28.7. The fourth-order valence-electron chi connectivity index (χ4n) is 9.26. The lowest BCUT2D eigenvalue weighted by Crippen LogP contribution is -1.95. The van der Waals surface area contributed by atoms with Crippen molar-refractivity contribution in [1.82, 2.24) is 9.97 Å². The Hall–Kier alpha value is -7.68. The van der Waals surface area contributed by atoms with Crippen LogP contribution in [0.15, 0.2) is 206 Å². The van der Waals surface area contributed by atoms with Crippen LogP contribution in [0.2, 0.25) is 0 Å². The van der Waals surface area contributed by atoms with Gasteiger partial charge in [-0.05, 0) is 101 Å². The van der Waals surface area contributed by atoms with Crippen molar-refractivity contribution < 1.29 is 0 Å². The van der Waals surface area contributed by atoms with E-state index in [0.29, 0.717) is 0 Å². The molecule has 58 heavy (non-hydrogen) atoms. The molecular weight excluding hydrogens is 701 g/mol. The molecule has 2 heteroatoms. The zero-order chi connectivity index (χ0) is 38.2. The highest BCUT2D eigenvalue weighted by Crippen LogP contribution is 2.45. The van der Waals surface area contributed by atoms with Gasteiger partial charge in [0.05, 0.1) is 22.2 Å². The molecule has 12 rings (SSSR count). The van der Waals surface area contributed by atoms with Gasteiger partial charge in [0.1, 0.15) is 0 Å². The molecule has 0 saturated carbocycles. The maximum atomic E-state index is 5.55. The number of rotatable bonds is 4. The fourth-order valence-corrected chi connectivity index (χ4v) is 9.26. The predicted octanol–water partition coefficient (Wildman–Crippen LogP) is 15.2. The van der Waals surface area contributed by atoms with E-state index in [1.165, 1.54) is 76.5 Å². The first-order valence-electron chi connectivity index (χ1n) is 19.9. The van der Waals surface area contributed by atoms with E-state index in [1.807, 2.05) is 0 Å². The second kappa shape index (κ2) is 12.9. The number of hydrogen-bond acceptors (Lipinski definition) is 2. The van der Waals surface area contributed by atoms with Crippen molar-refractivity contribution in [3.8, 4) is 44.6 Å². The zero-order valence-electron chi connectivity index (χ0n) is 31.5. The number of para-hydroxylation sites is 1. The van der Waals surface area contributed by atoms with Gasteiger partial charge in [-0.15, -0.1) is 0 Å². The van der Waals surface area contributed by atoms with E-state index < -0.39 is 0 Å². The number of pyridine rings is 2. The lowest BCUT2D eigenvalue weighted by molar-refractivity contribution is 1.40. The summed E-state index contributed by atoms with van der Waals surface area (Å²) in [5.74, 6) is 0. The Morgan fingerprint density at radius 1 is 0.241 bits per heavy atom. The fraction of sp³-hybridized carbons (Fsp3) is 0. The third-order valence-electron chi connectivity index (χ3n) is 12.0. The smallest absolute Gasteiger partial charge is 0.0978 e. The lowest BCUT2D eigenvalue weighted by atomic mass is 9.86. The summed E-state index contributed by atoms with van der Waals surface area (Å²) in [4.78, 5) is 10.8. The molecule has 0 aliphatic carbocycles. The average molecular weight is 735 g/mol. The van der Waals surface area contributed by atoms with Crippen LogP contribution in [0.3, 0.4) is 0 Å². The molecule has 0 fully saturated rings. The lowest BCUT2D eigenvalue weighted by Gasteiger charge is -2.18. The van der Waals surface area contributed by atoms with Gasteiger partial charge in [0.15, 0.2) is 0 Å². The summed E-state index contributed by atoms with van der Waals surface area (Å²) in [5, 5.41) is 13.1. The molecule has 0 spiro atoms. The zero-order valence-corrected chi connectivity index (χ0v) is 31.5. The standard InChI is InChI=1S/C56H34N2/c1-2-13-36(14-3-1)52-48-20-10-11-21-50(48)57-56-49(52)30-28-37-29-31-51(58-55(37)56)54-46-18-8-6-16-44(46)53(45-17-7-9-19-47(45)54)43-27-26-41-33-40(24-25-42(41)34-43)39-23-22-35-12-4-5-15-38(35)32-39/h1-34H. The van der Waals surface area contributed by atoms with Crippen LogP contribution in [-0.2, 0) is 0 Å². The second-order valence-electron chi connectivity index (χ2n) is 15.3. The molecule has 0 amide bonds. The van der Waals surface area contributed by atoms with E-state index >= 15 is 0 Å². The normalized spacial score (nSPS) is 11.8. The summed E-state index contributed by atoms with van der Waals surface area (Å²) in [6.45, 7) is 0. The highest BCUT2D eigenvalue weighted by Gasteiger charge is 2.20. The maximum absolute atomic E-state index is 5.55. The Bertz CT molecular complexity index is 3570. The van der Waals surface area contributed by atoms with Crippen LogP contribution in [0.4, 0.5) is 0 Å². The Morgan fingerprint density at radius 3 is 1.43 bits per heavy atom. The molecule has 0 N–H and O–H groups in total. The van der Waals surface area contributed by atoms with Crippen molar-refractivity contribution in [1.29, 1.82) is 0 Å². The van der Waals surface area contributed by atoms with Crippen LogP contribution in [-0.4, -0.2) is 9.97 Å². The van der Waals surface area contributed by atoms with Gasteiger partial charge >= 0.3 is 0 Å². The molecule has 0 aliphatic heterocycles. The first-order valence-corrected chi connectivity index (χ1v) is 19.9. The monoisotopic (exact) mass is 734 g/mol. The van der Waals surface area contributed by atoms with Gasteiger partial charge in [0, 0.05) is 27.3 Å². The summed E-state index contributed by atoms with van der Waals surface area (Å²) in [6, 6.07) is 74.6. The van der Waals surface area contributed by atoms with Gasteiger partial charge in [0.25, 0.3) is 0 Å². The Morgan fingerprint density at radius 2 is 0.724 bits per heavy atom. The van der Waals surface area contributed by atoms with Crippen LogP contribution in [0.25, 0.3) is 120 Å². The van der Waals surface area contributed by atoms with Crippen LogP contribution < -0.4 is 0 Å². The number of fused-ring (bicyclic) bond motifs is 8. The minimum Gasteiger partial charge on any atom is -0.245 e. The molecule has 2 nitrogen and oxygen atoms in total. The minimum absolute atomic E-state index is 0.910. The molecular formula is C56H34N2. The van der Waals surface area contributed by atoms with Gasteiger partial charge in [-0.1, -0.05) is 176 Å². The molecule has 268 valence electrons. The third-order valence-corrected chi connectivity index (χ3v) is 12.0. The quantitative estimate of drug-likeness (QED) is 0.133. The molecule has 0 bridgehead atoms. The van der Waals surface area contributed by atoms with Crippen molar-refractivity contribution in [2.24, 2.45) is 0 Å². The third kappa shape index (κ3) is 5.12. The number of benzene rings is 10. The highest BCUT2D eigenvalue weighted by atomic mass is 14.8. The molecule has 0 radical (unpaired) electrons. The molecule has 0 unspecified atom stereocenters. The first kappa shape index (κ1) is 32.6. The second-order valence-corrected chi connectivity index (χ2v) is 15.3. The SMILES string of the molecule is c1ccc(-c2c3ccccc3nc3c2ccc2ccc(-c4c5ccccc5c(-c5ccc6cc(-c7ccc8ccccc8c7)ccc6c5)c5ccccc45)nc23)cc1. The van der Waals surface area contributed by atoms with Crippen LogP contribution in [0, 0.1) is 0 Å². The van der Waals surface area contributed by atoms with Crippen molar-refractivity contribution in [3.63, 3.8) is 0 Å². The summed E-state index contributed by atoms with van der Waals surface area (Å²) in [7, 11) is 0. The van der Waals surface area contributed by atoms with Crippen LogP contribution in [0.1, 0.15) is 0 Å². The number of aromatic nitrogens is 2. The number of nitrogens with zero attached hydrogens (tertiary/aromatic N) is 2. The van der Waals surface area contributed by atoms with E-state index in [1.54, 1.807) is 0 Å².